The highest BCUT2D eigenvalue weighted by Crippen LogP contribution is 2.21. The van der Waals surface area contributed by atoms with E-state index in [0.29, 0.717) is 6.54 Å². The van der Waals surface area contributed by atoms with Crippen LogP contribution < -0.4 is 5.32 Å². The van der Waals surface area contributed by atoms with Crippen LogP contribution >= 0.6 is 11.3 Å². The average Bonchev–Trinajstić information content (AvgIpc) is 3.11. The van der Waals surface area contributed by atoms with E-state index in [4.69, 9.17) is 4.74 Å². The second-order valence-electron chi connectivity index (χ2n) is 5.26. The fraction of sp³-hybridized carbons (Fsp3) is 0.353. The van der Waals surface area contributed by atoms with Gasteiger partial charge in [-0.25, -0.2) is 0 Å². The summed E-state index contributed by atoms with van der Waals surface area (Å²) in [5, 5.41) is 4.99. The molecule has 1 atom stereocenters. The van der Waals surface area contributed by atoms with Gasteiger partial charge in [0.15, 0.2) is 0 Å². The Kier molecular flexibility index (Phi) is 5.21. The van der Waals surface area contributed by atoms with Gasteiger partial charge in [-0.3, -0.25) is 9.69 Å². The van der Waals surface area contributed by atoms with Crippen LogP contribution in [0, 0.1) is 0 Å². The third-order valence-corrected chi connectivity index (χ3v) is 4.74. The molecule has 2 aromatic rings. The van der Waals surface area contributed by atoms with Gasteiger partial charge in [-0.05, 0) is 17.0 Å². The molecule has 0 radical (unpaired) electrons. The monoisotopic (exact) mass is 316 g/mol. The number of ether oxygens (including phenoxy) is 1. The maximum absolute atomic E-state index is 12.2. The van der Waals surface area contributed by atoms with Crippen molar-refractivity contribution in [1.29, 1.82) is 0 Å². The normalized spacial score (nSPS) is 17.1. The van der Waals surface area contributed by atoms with Crippen LogP contribution in [0.5, 0.6) is 0 Å². The summed E-state index contributed by atoms with van der Waals surface area (Å²) >= 11 is 1.47. The number of rotatable bonds is 5. The molecule has 0 saturated carbocycles. The minimum absolute atomic E-state index is 0.00388. The summed E-state index contributed by atoms with van der Waals surface area (Å²) in [6, 6.07) is 14.3. The zero-order chi connectivity index (χ0) is 15.2. The molecule has 1 aromatic carbocycles. The zero-order valence-corrected chi connectivity index (χ0v) is 13.2. The molecule has 22 heavy (non-hydrogen) atoms. The van der Waals surface area contributed by atoms with Crippen molar-refractivity contribution in [2.75, 3.05) is 32.8 Å². The molecular weight excluding hydrogens is 296 g/mol. The number of carbonyl (C=O) groups excluding carboxylic acids is 1. The summed E-state index contributed by atoms with van der Waals surface area (Å²) in [5.41, 5.74) is 1.23. The van der Waals surface area contributed by atoms with Crippen LogP contribution in [0.1, 0.15) is 21.3 Å². The van der Waals surface area contributed by atoms with Crippen LogP contribution in [-0.2, 0) is 4.74 Å². The number of nitrogens with zero attached hydrogens (tertiary/aromatic N) is 1. The predicted molar refractivity (Wildman–Crippen MR) is 88.2 cm³/mol. The summed E-state index contributed by atoms with van der Waals surface area (Å²) in [6.45, 7) is 3.91. The largest absolute Gasteiger partial charge is 0.379 e. The average molecular weight is 316 g/mol. The number of hydrogen-bond donors (Lipinski definition) is 1. The molecule has 1 fully saturated rings. The Labute approximate surface area is 134 Å². The molecule has 0 bridgehead atoms. The van der Waals surface area contributed by atoms with E-state index in [1.54, 1.807) is 0 Å². The van der Waals surface area contributed by atoms with E-state index < -0.39 is 0 Å². The molecule has 1 aliphatic heterocycles. The second kappa shape index (κ2) is 7.54. The van der Waals surface area contributed by atoms with Crippen LogP contribution in [0.2, 0.25) is 0 Å². The molecule has 0 aliphatic carbocycles. The number of benzene rings is 1. The molecule has 1 aromatic heterocycles. The van der Waals surface area contributed by atoms with Crippen molar-refractivity contribution in [2.24, 2.45) is 0 Å². The fourth-order valence-electron chi connectivity index (χ4n) is 2.71. The molecular formula is C17H20N2O2S. The first-order valence-electron chi connectivity index (χ1n) is 7.53. The molecule has 2 heterocycles. The van der Waals surface area contributed by atoms with Crippen LogP contribution in [0.25, 0.3) is 0 Å². The molecule has 1 saturated heterocycles. The third-order valence-electron chi connectivity index (χ3n) is 3.87. The number of morpholine rings is 1. The van der Waals surface area contributed by atoms with E-state index in [-0.39, 0.29) is 11.9 Å². The number of thiophene rings is 1. The van der Waals surface area contributed by atoms with Gasteiger partial charge in [0.2, 0.25) is 0 Å². The van der Waals surface area contributed by atoms with Gasteiger partial charge >= 0.3 is 0 Å². The smallest absolute Gasteiger partial charge is 0.261 e. The fourth-order valence-corrected chi connectivity index (χ4v) is 3.35. The van der Waals surface area contributed by atoms with E-state index in [9.17, 15) is 4.79 Å². The van der Waals surface area contributed by atoms with Crippen molar-refractivity contribution in [2.45, 2.75) is 6.04 Å². The Balaban J connectivity index is 1.69. The Morgan fingerprint density at radius 2 is 1.95 bits per heavy atom. The van der Waals surface area contributed by atoms with Gasteiger partial charge in [0.05, 0.1) is 24.1 Å². The van der Waals surface area contributed by atoms with Crippen molar-refractivity contribution in [3.8, 4) is 0 Å². The molecule has 0 spiro atoms. The lowest BCUT2D eigenvalue weighted by molar-refractivity contribution is 0.0162. The van der Waals surface area contributed by atoms with Crippen molar-refractivity contribution < 1.29 is 9.53 Å². The van der Waals surface area contributed by atoms with Crippen molar-refractivity contribution in [3.05, 3.63) is 58.3 Å². The van der Waals surface area contributed by atoms with E-state index in [2.05, 4.69) is 22.3 Å². The molecule has 1 aliphatic rings. The van der Waals surface area contributed by atoms with E-state index in [0.717, 1.165) is 31.2 Å². The Hall–Kier alpha value is -1.69. The van der Waals surface area contributed by atoms with Gasteiger partial charge in [-0.2, -0.15) is 0 Å². The van der Waals surface area contributed by atoms with Crippen LogP contribution in [-0.4, -0.2) is 43.7 Å². The lowest BCUT2D eigenvalue weighted by Gasteiger charge is -2.34. The minimum Gasteiger partial charge on any atom is -0.379 e. The number of amides is 1. The van der Waals surface area contributed by atoms with E-state index in [1.165, 1.54) is 16.9 Å². The number of hydrogen-bond acceptors (Lipinski definition) is 4. The molecule has 4 nitrogen and oxygen atoms in total. The lowest BCUT2D eigenvalue weighted by Crippen LogP contribution is -2.43. The molecule has 116 valence electrons. The van der Waals surface area contributed by atoms with Crippen LogP contribution in [0.3, 0.4) is 0 Å². The summed E-state index contributed by atoms with van der Waals surface area (Å²) in [7, 11) is 0. The first-order chi connectivity index (χ1) is 10.8. The Morgan fingerprint density at radius 1 is 1.18 bits per heavy atom. The van der Waals surface area contributed by atoms with E-state index >= 15 is 0 Å². The SMILES string of the molecule is O=C(NC[C@H](c1ccccc1)N1CCOCC1)c1cccs1. The standard InChI is InChI=1S/C17H20N2O2S/c20-17(16-7-4-12-22-16)18-13-15(14-5-2-1-3-6-14)19-8-10-21-11-9-19/h1-7,12,15H,8-11,13H2,(H,18,20)/t15-/m1/s1. The van der Waals surface area contributed by atoms with Gasteiger partial charge in [-0.15, -0.1) is 11.3 Å². The lowest BCUT2D eigenvalue weighted by atomic mass is 10.0. The highest BCUT2D eigenvalue weighted by molar-refractivity contribution is 7.12. The maximum Gasteiger partial charge on any atom is 0.261 e. The summed E-state index contributed by atoms with van der Waals surface area (Å²) in [4.78, 5) is 15.3. The predicted octanol–water partition coefficient (Wildman–Crippen LogP) is 2.55. The van der Waals surface area contributed by atoms with Crippen molar-refractivity contribution in [1.82, 2.24) is 10.2 Å². The Morgan fingerprint density at radius 3 is 2.64 bits per heavy atom. The van der Waals surface area contributed by atoms with Crippen LogP contribution in [0.4, 0.5) is 0 Å². The van der Waals surface area contributed by atoms with Crippen molar-refractivity contribution >= 4 is 17.2 Å². The summed E-state index contributed by atoms with van der Waals surface area (Å²) < 4.78 is 5.44. The highest BCUT2D eigenvalue weighted by atomic mass is 32.1. The van der Waals surface area contributed by atoms with Gasteiger partial charge in [0.25, 0.3) is 5.91 Å². The first kappa shape index (κ1) is 15.2. The van der Waals surface area contributed by atoms with Crippen molar-refractivity contribution in [3.63, 3.8) is 0 Å². The topological polar surface area (TPSA) is 41.6 Å². The quantitative estimate of drug-likeness (QED) is 0.922. The molecule has 0 unspecified atom stereocenters. The minimum atomic E-state index is 0.00388. The van der Waals surface area contributed by atoms with E-state index in [1.807, 2.05) is 35.7 Å². The molecule has 1 amide bonds. The summed E-state index contributed by atoms with van der Waals surface area (Å²) in [5.74, 6) is 0.00388. The van der Waals surface area contributed by atoms with Gasteiger partial charge in [0, 0.05) is 19.6 Å². The molecule has 3 rings (SSSR count). The zero-order valence-electron chi connectivity index (χ0n) is 12.4. The third kappa shape index (κ3) is 3.74. The summed E-state index contributed by atoms with van der Waals surface area (Å²) in [6.07, 6.45) is 0. The second-order valence-corrected chi connectivity index (χ2v) is 6.21. The van der Waals surface area contributed by atoms with Crippen LogP contribution in [0.15, 0.2) is 47.8 Å². The Bertz CT molecular complexity index is 580. The van der Waals surface area contributed by atoms with Gasteiger partial charge < -0.3 is 10.1 Å². The van der Waals surface area contributed by atoms with Gasteiger partial charge in [0.1, 0.15) is 0 Å². The van der Waals surface area contributed by atoms with Gasteiger partial charge in [-0.1, -0.05) is 36.4 Å². The highest BCUT2D eigenvalue weighted by Gasteiger charge is 2.23. The molecule has 1 N–H and O–H groups in total. The number of nitrogens with one attached hydrogen (secondary N) is 1. The number of carbonyl (C=O) groups is 1. The maximum atomic E-state index is 12.2. The first-order valence-corrected chi connectivity index (χ1v) is 8.41. The molecule has 5 heteroatoms.